The van der Waals surface area contributed by atoms with E-state index in [1.165, 1.54) is 0 Å². The first kappa shape index (κ1) is 11.8. The summed E-state index contributed by atoms with van der Waals surface area (Å²) >= 11 is 3.48. The summed E-state index contributed by atoms with van der Waals surface area (Å²) in [5, 5.41) is 3.52. The van der Waals surface area contributed by atoms with E-state index in [2.05, 4.69) is 26.2 Å². The van der Waals surface area contributed by atoms with Gasteiger partial charge in [-0.2, -0.15) is 0 Å². The zero-order valence-corrected chi connectivity index (χ0v) is 10.7. The summed E-state index contributed by atoms with van der Waals surface area (Å²) in [5.41, 5.74) is 6.89. The Balaban J connectivity index is 2.15. The predicted octanol–water partition coefficient (Wildman–Crippen LogP) is 1.76. The number of anilines is 1. The van der Waals surface area contributed by atoms with Gasteiger partial charge < -0.3 is 15.8 Å². The number of pyridine rings is 1. The van der Waals surface area contributed by atoms with Gasteiger partial charge in [0.05, 0.1) is 15.7 Å². The Kier molecular flexibility index (Phi) is 3.78. The van der Waals surface area contributed by atoms with Crippen LogP contribution in [0.2, 0.25) is 0 Å². The molecular formula is C11H16BrN3O. The van der Waals surface area contributed by atoms with Gasteiger partial charge in [-0.1, -0.05) is 0 Å². The van der Waals surface area contributed by atoms with Crippen molar-refractivity contribution < 1.29 is 4.74 Å². The molecule has 0 saturated carbocycles. The van der Waals surface area contributed by atoms with Crippen molar-refractivity contribution in [3.63, 3.8) is 0 Å². The second-order valence-corrected chi connectivity index (χ2v) is 4.93. The average Bonchev–Trinajstić information content (AvgIpc) is 2.33. The van der Waals surface area contributed by atoms with Crippen LogP contribution in [0.3, 0.4) is 0 Å². The third kappa shape index (κ3) is 2.53. The maximum atomic E-state index is 5.89. The minimum absolute atomic E-state index is 0.0396. The number of nitrogens with one attached hydrogen (secondary N) is 1. The fourth-order valence-electron chi connectivity index (χ4n) is 1.90. The van der Waals surface area contributed by atoms with E-state index in [0.717, 1.165) is 36.2 Å². The number of nitrogens with zero attached hydrogens (tertiary/aromatic N) is 1. The molecule has 0 unspecified atom stereocenters. The zero-order valence-electron chi connectivity index (χ0n) is 9.08. The van der Waals surface area contributed by atoms with Gasteiger partial charge in [0.25, 0.3) is 0 Å². The first-order valence-electron chi connectivity index (χ1n) is 5.41. The Morgan fingerprint density at radius 1 is 1.50 bits per heavy atom. The van der Waals surface area contributed by atoms with Crippen molar-refractivity contribution in [2.45, 2.75) is 18.4 Å². The fraction of sp³-hybridized carbons (Fsp3) is 0.545. The van der Waals surface area contributed by atoms with Crippen LogP contribution in [0.1, 0.15) is 12.8 Å². The van der Waals surface area contributed by atoms with Gasteiger partial charge >= 0.3 is 0 Å². The van der Waals surface area contributed by atoms with Crippen molar-refractivity contribution >= 4 is 21.6 Å². The maximum absolute atomic E-state index is 5.89. The Labute approximate surface area is 104 Å². The SMILES string of the molecule is NCC1(Nc2ccncc2Br)CCOCC1. The first-order chi connectivity index (χ1) is 7.76. The van der Waals surface area contributed by atoms with Gasteiger partial charge in [0.1, 0.15) is 0 Å². The lowest BCUT2D eigenvalue weighted by molar-refractivity contribution is 0.0628. The van der Waals surface area contributed by atoms with Gasteiger partial charge in [0.2, 0.25) is 0 Å². The van der Waals surface area contributed by atoms with E-state index in [1.807, 2.05) is 6.07 Å². The molecule has 0 radical (unpaired) electrons. The smallest absolute Gasteiger partial charge is 0.0590 e. The Morgan fingerprint density at radius 3 is 2.88 bits per heavy atom. The highest BCUT2D eigenvalue weighted by Crippen LogP contribution is 2.28. The highest BCUT2D eigenvalue weighted by Gasteiger charge is 2.31. The molecule has 1 aliphatic rings. The minimum Gasteiger partial charge on any atom is -0.381 e. The molecule has 4 nitrogen and oxygen atoms in total. The lowest BCUT2D eigenvalue weighted by Crippen LogP contribution is -2.49. The molecule has 0 spiro atoms. The summed E-state index contributed by atoms with van der Waals surface area (Å²) in [6.07, 6.45) is 5.44. The molecule has 1 saturated heterocycles. The standard InChI is InChI=1S/C11H16BrN3O/c12-9-7-14-4-1-10(9)15-11(8-13)2-5-16-6-3-11/h1,4,7H,2-3,5-6,8,13H2,(H,14,15). The number of hydrogen-bond acceptors (Lipinski definition) is 4. The summed E-state index contributed by atoms with van der Waals surface area (Å²) in [6.45, 7) is 2.16. The lowest BCUT2D eigenvalue weighted by atomic mass is 9.90. The number of hydrogen-bond donors (Lipinski definition) is 2. The quantitative estimate of drug-likeness (QED) is 0.889. The van der Waals surface area contributed by atoms with Crippen LogP contribution in [0.25, 0.3) is 0 Å². The molecule has 2 rings (SSSR count). The van der Waals surface area contributed by atoms with Crippen LogP contribution in [0.15, 0.2) is 22.9 Å². The molecule has 1 aromatic heterocycles. The van der Waals surface area contributed by atoms with Gasteiger partial charge in [0, 0.05) is 32.2 Å². The molecule has 88 valence electrons. The minimum atomic E-state index is -0.0396. The van der Waals surface area contributed by atoms with E-state index in [4.69, 9.17) is 10.5 Å². The van der Waals surface area contributed by atoms with Crippen LogP contribution in [0, 0.1) is 0 Å². The lowest BCUT2D eigenvalue weighted by Gasteiger charge is -2.38. The van der Waals surface area contributed by atoms with E-state index in [1.54, 1.807) is 12.4 Å². The van der Waals surface area contributed by atoms with Gasteiger partial charge in [-0.25, -0.2) is 0 Å². The molecule has 1 aliphatic heterocycles. The van der Waals surface area contributed by atoms with E-state index in [-0.39, 0.29) is 5.54 Å². The van der Waals surface area contributed by atoms with Gasteiger partial charge in [-0.3, -0.25) is 4.98 Å². The van der Waals surface area contributed by atoms with Crippen LogP contribution in [0.5, 0.6) is 0 Å². The molecule has 0 amide bonds. The van der Waals surface area contributed by atoms with E-state index in [9.17, 15) is 0 Å². The normalized spacial score (nSPS) is 19.4. The number of ether oxygens (including phenoxy) is 1. The summed E-state index contributed by atoms with van der Waals surface area (Å²) in [7, 11) is 0. The molecule has 0 bridgehead atoms. The van der Waals surface area contributed by atoms with Crippen LogP contribution in [-0.2, 0) is 4.74 Å². The highest BCUT2D eigenvalue weighted by atomic mass is 79.9. The number of nitrogens with two attached hydrogens (primary N) is 1. The zero-order chi connectivity index (χ0) is 11.4. The molecule has 0 atom stereocenters. The fourth-order valence-corrected chi connectivity index (χ4v) is 2.25. The summed E-state index contributed by atoms with van der Waals surface area (Å²) < 4.78 is 6.34. The largest absolute Gasteiger partial charge is 0.381 e. The highest BCUT2D eigenvalue weighted by molar-refractivity contribution is 9.10. The monoisotopic (exact) mass is 285 g/mol. The molecule has 0 aromatic carbocycles. The van der Waals surface area contributed by atoms with Crippen LogP contribution in [0.4, 0.5) is 5.69 Å². The average molecular weight is 286 g/mol. The molecule has 1 fully saturated rings. The third-order valence-electron chi connectivity index (χ3n) is 3.01. The molecule has 1 aromatic rings. The maximum Gasteiger partial charge on any atom is 0.0590 e. The van der Waals surface area contributed by atoms with Crippen molar-refractivity contribution in [1.82, 2.24) is 4.98 Å². The van der Waals surface area contributed by atoms with Gasteiger partial charge in [-0.05, 0) is 34.8 Å². The summed E-state index contributed by atoms with van der Waals surface area (Å²) in [5.74, 6) is 0. The Hall–Kier alpha value is -0.650. The second-order valence-electron chi connectivity index (χ2n) is 4.08. The van der Waals surface area contributed by atoms with Gasteiger partial charge in [-0.15, -0.1) is 0 Å². The van der Waals surface area contributed by atoms with E-state index in [0.29, 0.717) is 6.54 Å². The molecular weight excluding hydrogens is 270 g/mol. The molecule has 3 N–H and O–H groups in total. The van der Waals surface area contributed by atoms with E-state index < -0.39 is 0 Å². The van der Waals surface area contributed by atoms with Crippen molar-refractivity contribution in [2.75, 3.05) is 25.1 Å². The molecule has 16 heavy (non-hydrogen) atoms. The summed E-state index contributed by atoms with van der Waals surface area (Å²) in [4.78, 5) is 4.04. The topological polar surface area (TPSA) is 60.2 Å². The number of halogens is 1. The first-order valence-corrected chi connectivity index (χ1v) is 6.21. The molecule has 0 aliphatic carbocycles. The summed E-state index contributed by atoms with van der Waals surface area (Å²) in [6, 6.07) is 1.96. The van der Waals surface area contributed by atoms with Crippen LogP contribution < -0.4 is 11.1 Å². The van der Waals surface area contributed by atoms with E-state index >= 15 is 0 Å². The van der Waals surface area contributed by atoms with Crippen molar-refractivity contribution in [3.8, 4) is 0 Å². The van der Waals surface area contributed by atoms with Crippen molar-refractivity contribution in [1.29, 1.82) is 0 Å². The second kappa shape index (κ2) is 5.12. The third-order valence-corrected chi connectivity index (χ3v) is 3.64. The molecule has 5 heteroatoms. The Bertz CT molecular complexity index is 353. The number of aromatic nitrogens is 1. The van der Waals surface area contributed by atoms with Gasteiger partial charge in [0.15, 0.2) is 0 Å². The number of rotatable bonds is 3. The van der Waals surface area contributed by atoms with Crippen molar-refractivity contribution in [2.24, 2.45) is 5.73 Å². The van der Waals surface area contributed by atoms with Crippen LogP contribution >= 0.6 is 15.9 Å². The van der Waals surface area contributed by atoms with Crippen LogP contribution in [-0.4, -0.2) is 30.3 Å². The predicted molar refractivity (Wildman–Crippen MR) is 67.4 cm³/mol. The van der Waals surface area contributed by atoms with Crippen molar-refractivity contribution in [3.05, 3.63) is 22.9 Å². The Morgan fingerprint density at radius 2 is 2.25 bits per heavy atom. The molecule has 2 heterocycles.